The highest BCUT2D eigenvalue weighted by Gasteiger charge is 2.47. The van der Waals surface area contributed by atoms with Gasteiger partial charge in [-0.3, -0.25) is 4.79 Å². The number of aromatic nitrogens is 2. The van der Waals surface area contributed by atoms with Crippen LogP contribution in [0.15, 0.2) is 24.3 Å². The van der Waals surface area contributed by atoms with Crippen LogP contribution in [0.1, 0.15) is 32.6 Å². The second kappa shape index (κ2) is 7.37. The molecule has 0 radical (unpaired) electrons. The fourth-order valence-corrected chi connectivity index (χ4v) is 3.53. The summed E-state index contributed by atoms with van der Waals surface area (Å²) in [7, 11) is 1.88. The minimum atomic E-state index is -0.177. The number of carbonyl (C=O) groups excluding carboxylic acids is 1. The van der Waals surface area contributed by atoms with Crippen LogP contribution in [0.25, 0.3) is 0 Å². The molecular weight excluding hydrogens is 323 g/mol. The van der Waals surface area contributed by atoms with E-state index >= 15 is 0 Å². The van der Waals surface area contributed by atoms with Crippen molar-refractivity contribution < 1.29 is 13.9 Å². The predicted molar refractivity (Wildman–Crippen MR) is 93.1 cm³/mol. The number of piperidine rings is 1. The number of carbonyl (C=O) groups is 1. The number of amides is 1. The molecule has 25 heavy (non-hydrogen) atoms. The van der Waals surface area contributed by atoms with Crippen molar-refractivity contribution in [2.45, 2.75) is 32.6 Å². The van der Waals surface area contributed by atoms with Crippen LogP contribution in [0.3, 0.4) is 0 Å². The van der Waals surface area contributed by atoms with Gasteiger partial charge in [-0.1, -0.05) is 6.92 Å². The highest BCUT2D eigenvalue weighted by molar-refractivity contribution is 5.84. The molecule has 1 spiro atoms. The Bertz CT molecular complexity index is 639. The van der Waals surface area contributed by atoms with Gasteiger partial charge in [0.25, 0.3) is 0 Å². The molecule has 1 aromatic rings. The Hall–Kier alpha value is -2.18. The smallest absolute Gasteiger partial charge is 0.228 e. The summed E-state index contributed by atoms with van der Waals surface area (Å²) in [5.41, 5.74) is 0.417. The van der Waals surface area contributed by atoms with E-state index in [1.54, 1.807) is 12.4 Å². The van der Waals surface area contributed by atoms with Gasteiger partial charge in [0.15, 0.2) is 5.75 Å². The average molecular weight is 348 g/mol. The van der Waals surface area contributed by atoms with E-state index in [1.807, 2.05) is 18.9 Å². The van der Waals surface area contributed by atoms with E-state index in [2.05, 4.69) is 14.9 Å². The van der Waals surface area contributed by atoms with Gasteiger partial charge in [-0.2, -0.15) is 0 Å². The first kappa shape index (κ1) is 17.6. The van der Waals surface area contributed by atoms with Crippen LogP contribution in [0, 0.1) is 5.41 Å². The summed E-state index contributed by atoms with van der Waals surface area (Å²) >= 11 is 0. The first-order valence-electron chi connectivity index (χ1n) is 8.81. The summed E-state index contributed by atoms with van der Waals surface area (Å²) in [6.45, 7) is 4.51. The first-order valence-corrected chi connectivity index (χ1v) is 8.81. The minimum Gasteiger partial charge on any atom is -0.486 e. The van der Waals surface area contributed by atoms with Crippen LogP contribution < -0.4 is 9.64 Å². The summed E-state index contributed by atoms with van der Waals surface area (Å²) in [4.78, 5) is 25.1. The first-order chi connectivity index (χ1) is 12.1. The predicted octanol–water partition coefficient (Wildman–Crippen LogP) is 2.57. The lowest BCUT2D eigenvalue weighted by Gasteiger charge is -2.37. The average Bonchev–Trinajstić information content (AvgIpc) is 2.92. The van der Waals surface area contributed by atoms with Crippen LogP contribution in [-0.4, -0.2) is 54.1 Å². The molecule has 2 aliphatic rings. The Morgan fingerprint density at radius 3 is 2.44 bits per heavy atom. The van der Waals surface area contributed by atoms with Crippen molar-refractivity contribution in [2.24, 2.45) is 5.41 Å². The zero-order valence-corrected chi connectivity index (χ0v) is 14.9. The van der Waals surface area contributed by atoms with E-state index in [1.165, 1.54) is 0 Å². The lowest BCUT2D eigenvalue weighted by molar-refractivity contribution is -0.135. The van der Waals surface area contributed by atoms with E-state index < -0.39 is 0 Å². The molecule has 2 fully saturated rings. The molecule has 0 saturated carbocycles. The van der Waals surface area contributed by atoms with Crippen molar-refractivity contribution in [2.75, 3.05) is 38.2 Å². The van der Waals surface area contributed by atoms with Gasteiger partial charge in [-0.05, 0) is 31.3 Å². The molecule has 0 aromatic carbocycles. The molecule has 2 aliphatic heterocycles. The molecular formula is C18H25FN4O2. The Balaban J connectivity index is 1.56. The van der Waals surface area contributed by atoms with Crippen molar-refractivity contribution in [3.63, 3.8) is 0 Å². The van der Waals surface area contributed by atoms with E-state index in [4.69, 9.17) is 4.74 Å². The number of nitrogens with zero attached hydrogens (tertiary/aromatic N) is 4. The maximum Gasteiger partial charge on any atom is 0.228 e. The van der Waals surface area contributed by atoms with Gasteiger partial charge in [-0.15, -0.1) is 0 Å². The van der Waals surface area contributed by atoms with Crippen molar-refractivity contribution in [1.29, 1.82) is 0 Å². The third-order valence-corrected chi connectivity index (χ3v) is 5.38. The number of anilines is 1. The molecule has 0 unspecified atom stereocenters. The van der Waals surface area contributed by atoms with E-state index in [9.17, 15) is 9.18 Å². The third-order valence-electron chi connectivity index (χ3n) is 5.38. The monoisotopic (exact) mass is 348 g/mol. The van der Waals surface area contributed by atoms with Crippen LogP contribution in [-0.2, 0) is 4.79 Å². The topological polar surface area (TPSA) is 58.6 Å². The van der Waals surface area contributed by atoms with Gasteiger partial charge < -0.3 is 14.5 Å². The zero-order valence-electron chi connectivity index (χ0n) is 14.9. The fourth-order valence-electron chi connectivity index (χ4n) is 3.53. The van der Waals surface area contributed by atoms with Gasteiger partial charge in [0.2, 0.25) is 11.9 Å². The van der Waals surface area contributed by atoms with Crippen molar-refractivity contribution in [3.05, 3.63) is 24.3 Å². The Labute approximate surface area is 147 Å². The molecule has 0 atom stereocenters. The lowest BCUT2D eigenvalue weighted by atomic mass is 9.77. The number of hydrogen-bond donors (Lipinski definition) is 0. The maximum absolute atomic E-state index is 12.5. The maximum atomic E-state index is 12.5. The van der Waals surface area contributed by atoms with E-state index in [-0.39, 0.29) is 17.9 Å². The second-order valence-corrected chi connectivity index (χ2v) is 6.87. The molecule has 0 aliphatic carbocycles. The van der Waals surface area contributed by atoms with Gasteiger partial charge >= 0.3 is 0 Å². The van der Waals surface area contributed by atoms with Gasteiger partial charge in [0, 0.05) is 26.7 Å². The van der Waals surface area contributed by atoms with E-state index in [0.717, 1.165) is 38.9 Å². The summed E-state index contributed by atoms with van der Waals surface area (Å²) in [6.07, 6.45) is 7.07. The van der Waals surface area contributed by atoms with Crippen LogP contribution in [0.2, 0.25) is 0 Å². The summed E-state index contributed by atoms with van der Waals surface area (Å²) in [6, 6.07) is 0. The highest BCUT2D eigenvalue weighted by Crippen LogP contribution is 2.41. The molecule has 3 heterocycles. The van der Waals surface area contributed by atoms with E-state index in [0.29, 0.717) is 30.0 Å². The number of ether oxygens (including phenoxy) is 1. The molecule has 0 bridgehead atoms. The molecule has 7 heteroatoms. The minimum absolute atomic E-state index is 0.177. The second-order valence-electron chi connectivity index (χ2n) is 6.87. The normalized spacial score (nSPS) is 20.4. The third kappa shape index (κ3) is 3.60. The number of hydrogen-bond acceptors (Lipinski definition) is 5. The van der Waals surface area contributed by atoms with Crippen molar-refractivity contribution in [3.8, 4) is 5.75 Å². The summed E-state index contributed by atoms with van der Waals surface area (Å²) in [5, 5.41) is 0. The summed E-state index contributed by atoms with van der Waals surface area (Å²) < 4.78 is 18.0. The molecule has 0 N–H and O–H groups in total. The van der Waals surface area contributed by atoms with Crippen molar-refractivity contribution >= 4 is 11.9 Å². The highest BCUT2D eigenvalue weighted by atomic mass is 19.1. The van der Waals surface area contributed by atoms with Crippen molar-refractivity contribution in [1.82, 2.24) is 14.9 Å². The number of rotatable bonds is 5. The van der Waals surface area contributed by atoms with Crippen LogP contribution in [0.4, 0.5) is 10.3 Å². The zero-order chi connectivity index (χ0) is 17.9. The van der Waals surface area contributed by atoms with Crippen LogP contribution in [0.5, 0.6) is 5.75 Å². The molecule has 3 rings (SSSR count). The summed E-state index contributed by atoms with van der Waals surface area (Å²) in [5.74, 6) is 1.46. The number of halogens is 1. The molecule has 1 aromatic heterocycles. The van der Waals surface area contributed by atoms with Gasteiger partial charge in [-0.25, -0.2) is 14.4 Å². The molecule has 2 saturated heterocycles. The fraction of sp³-hybridized carbons (Fsp3) is 0.611. The van der Waals surface area contributed by atoms with Gasteiger partial charge in [0.1, 0.15) is 6.61 Å². The lowest BCUT2D eigenvalue weighted by Crippen LogP contribution is -2.44. The van der Waals surface area contributed by atoms with Crippen LogP contribution >= 0.6 is 0 Å². The molecule has 136 valence electrons. The molecule has 1 amide bonds. The quantitative estimate of drug-likeness (QED) is 0.818. The largest absolute Gasteiger partial charge is 0.486 e. The number of likely N-dealkylation sites (tertiary alicyclic amines) is 1. The van der Waals surface area contributed by atoms with Gasteiger partial charge in [0.05, 0.1) is 24.1 Å². The Kier molecular flexibility index (Phi) is 5.20. The SMILES string of the molecule is CC/C(=C\F)COc1cnc(N2CCC3(CCN(C)C3=O)CC2)nc1. The Morgan fingerprint density at radius 1 is 1.28 bits per heavy atom. The molecule has 6 nitrogen and oxygen atoms in total. The standard InChI is InChI=1S/C18H25FN4O2/c1-3-14(10-19)13-25-15-11-20-17(21-12-15)23-8-5-18(6-9-23)4-7-22(2)16(18)24/h10-12H,3-9,13H2,1-2H3/b14-10+. The Morgan fingerprint density at radius 2 is 1.92 bits per heavy atom.